The molecule has 0 radical (unpaired) electrons. The molecule has 1 atom stereocenters. The highest BCUT2D eigenvalue weighted by Crippen LogP contribution is 2.39. The third kappa shape index (κ3) is 3.80. The van der Waals surface area contributed by atoms with Crippen molar-refractivity contribution < 1.29 is 14.3 Å². The SMILES string of the molecule is CC(=O)c1ccc2cc(OCC(=O)N[C@](C)(C#N)C3CC3)ccc2c1. The number of Topliss-reactive ketones (excluding diaryl/α,β-unsaturated/α-hetero) is 1. The number of rotatable bonds is 6. The summed E-state index contributed by atoms with van der Waals surface area (Å²) >= 11 is 0. The normalized spacial score (nSPS) is 15.9. The van der Waals surface area contributed by atoms with Crippen LogP contribution in [0, 0.1) is 17.2 Å². The van der Waals surface area contributed by atoms with Crippen molar-refractivity contribution in [3.05, 3.63) is 42.0 Å². The van der Waals surface area contributed by atoms with Crippen LogP contribution < -0.4 is 10.1 Å². The zero-order chi connectivity index (χ0) is 18.0. The van der Waals surface area contributed by atoms with Gasteiger partial charge in [0, 0.05) is 5.56 Å². The number of nitrogens with zero attached hydrogens (tertiary/aromatic N) is 1. The van der Waals surface area contributed by atoms with Gasteiger partial charge in [-0.05, 0) is 61.6 Å². The second-order valence-corrected chi connectivity index (χ2v) is 6.71. The molecule has 0 aliphatic heterocycles. The van der Waals surface area contributed by atoms with Crippen LogP contribution in [0.1, 0.15) is 37.0 Å². The number of hydrogen-bond donors (Lipinski definition) is 1. The van der Waals surface area contributed by atoms with Gasteiger partial charge in [0.2, 0.25) is 0 Å². The Morgan fingerprint density at radius 3 is 2.56 bits per heavy atom. The van der Waals surface area contributed by atoms with Gasteiger partial charge in [-0.3, -0.25) is 9.59 Å². The summed E-state index contributed by atoms with van der Waals surface area (Å²) in [5.41, 5.74) is -0.149. The van der Waals surface area contributed by atoms with Crippen LogP contribution in [-0.4, -0.2) is 23.8 Å². The molecule has 1 aliphatic rings. The summed E-state index contributed by atoms with van der Waals surface area (Å²) in [5, 5.41) is 13.9. The first-order chi connectivity index (χ1) is 11.9. The molecule has 0 heterocycles. The molecule has 5 heteroatoms. The molecule has 0 saturated heterocycles. The smallest absolute Gasteiger partial charge is 0.259 e. The van der Waals surface area contributed by atoms with Crippen LogP contribution in [0.5, 0.6) is 5.75 Å². The standard InChI is InChI=1S/C20H20N2O3/c1-13(23)14-3-4-16-10-18(8-5-15(16)9-14)25-11-19(24)22-20(2,12-21)17-6-7-17/h3-5,8-10,17H,6-7,11H2,1-2H3,(H,22,24)/t20-/m1/s1. The third-order valence-corrected chi connectivity index (χ3v) is 4.61. The summed E-state index contributed by atoms with van der Waals surface area (Å²) < 4.78 is 5.56. The van der Waals surface area contributed by atoms with Crippen LogP contribution in [0.25, 0.3) is 10.8 Å². The van der Waals surface area contributed by atoms with Crippen molar-refractivity contribution in [2.24, 2.45) is 5.92 Å². The van der Waals surface area contributed by atoms with Crippen molar-refractivity contribution in [1.29, 1.82) is 5.26 Å². The lowest BCUT2D eigenvalue weighted by Gasteiger charge is -2.22. The first kappa shape index (κ1) is 17.0. The van der Waals surface area contributed by atoms with E-state index in [-0.39, 0.29) is 24.2 Å². The molecule has 0 unspecified atom stereocenters. The van der Waals surface area contributed by atoms with E-state index in [1.807, 2.05) is 24.3 Å². The third-order valence-electron chi connectivity index (χ3n) is 4.61. The van der Waals surface area contributed by atoms with Crippen LogP contribution in [-0.2, 0) is 4.79 Å². The van der Waals surface area contributed by atoms with E-state index in [1.54, 1.807) is 19.1 Å². The van der Waals surface area contributed by atoms with Gasteiger partial charge in [-0.25, -0.2) is 0 Å². The van der Waals surface area contributed by atoms with Gasteiger partial charge in [0.15, 0.2) is 12.4 Å². The van der Waals surface area contributed by atoms with E-state index in [1.165, 1.54) is 6.92 Å². The molecule has 0 spiro atoms. The lowest BCUT2D eigenvalue weighted by atomic mass is 9.98. The summed E-state index contributed by atoms with van der Waals surface area (Å²) in [6.45, 7) is 3.15. The first-order valence-electron chi connectivity index (χ1n) is 8.31. The summed E-state index contributed by atoms with van der Waals surface area (Å²) in [4.78, 5) is 23.5. The number of fused-ring (bicyclic) bond motifs is 1. The molecular formula is C20H20N2O3. The van der Waals surface area contributed by atoms with Gasteiger partial charge in [0.05, 0.1) is 6.07 Å². The first-order valence-corrected chi connectivity index (χ1v) is 8.31. The fraction of sp³-hybridized carbons (Fsp3) is 0.350. The van der Waals surface area contributed by atoms with Crippen LogP contribution >= 0.6 is 0 Å². The maximum atomic E-state index is 12.1. The largest absolute Gasteiger partial charge is 0.484 e. The Labute approximate surface area is 146 Å². The lowest BCUT2D eigenvalue weighted by molar-refractivity contribution is -0.124. The Morgan fingerprint density at radius 2 is 1.92 bits per heavy atom. The van der Waals surface area contributed by atoms with E-state index in [9.17, 15) is 14.9 Å². The Bertz CT molecular complexity index is 880. The number of nitrogens with one attached hydrogen (secondary N) is 1. The van der Waals surface area contributed by atoms with Gasteiger partial charge < -0.3 is 10.1 Å². The molecule has 0 aromatic heterocycles. The topological polar surface area (TPSA) is 79.2 Å². The summed E-state index contributed by atoms with van der Waals surface area (Å²) in [6.07, 6.45) is 1.94. The predicted molar refractivity (Wildman–Crippen MR) is 94.3 cm³/mol. The van der Waals surface area contributed by atoms with E-state index in [0.717, 1.165) is 23.6 Å². The van der Waals surface area contributed by atoms with Gasteiger partial charge >= 0.3 is 0 Å². The van der Waals surface area contributed by atoms with Gasteiger partial charge in [-0.1, -0.05) is 18.2 Å². The molecule has 2 aromatic rings. The Kier molecular flexibility index (Phi) is 4.45. The maximum Gasteiger partial charge on any atom is 0.259 e. The predicted octanol–water partition coefficient (Wildman–Crippen LogP) is 3.23. The zero-order valence-corrected chi connectivity index (χ0v) is 14.3. The monoisotopic (exact) mass is 336 g/mol. The van der Waals surface area contributed by atoms with Gasteiger partial charge in [-0.2, -0.15) is 5.26 Å². The van der Waals surface area contributed by atoms with E-state index in [4.69, 9.17) is 4.74 Å². The maximum absolute atomic E-state index is 12.1. The zero-order valence-electron chi connectivity index (χ0n) is 14.3. The fourth-order valence-electron chi connectivity index (χ4n) is 2.89. The quantitative estimate of drug-likeness (QED) is 0.821. The number of nitriles is 1. The highest BCUT2D eigenvalue weighted by molar-refractivity contribution is 5.98. The molecule has 1 fully saturated rings. The average molecular weight is 336 g/mol. The minimum atomic E-state index is -0.813. The highest BCUT2D eigenvalue weighted by atomic mass is 16.5. The molecule has 128 valence electrons. The van der Waals surface area contributed by atoms with Crippen molar-refractivity contribution in [3.63, 3.8) is 0 Å². The molecule has 1 saturated carbocycles. The van der Waals surface area contributed by atoms with E-state index >= 15 is 0 Å². The van der Waals surface area contributed by atoms with Crippen LogP contribution in [0.4, 0.5) is 0 Å². The van der Waals surface area contributed by atoms with E-state index in [2.05, 4.69) is 11.4 Å². The van der Waals surface area contributed by atoms with Crippen molar-refractivity contribution in [1.82, 2.24) is 5.32 Å². The van der Waals surface area contributed by atoms with Gasteiger partial charge in [0.1, 0.15) is 11.3 Å². The number of amides is 1. The number of benzene rings is 2. The second-order valence-electron chi connectivity index (χ2n) is 6.71. The molecule has 1 aliphatic carbocycles. The Morgan fingerprint density at radius 1 is 1.24 bits per heavy atom. The van der Waals surface area contributed by atoms with Gasteiger partial charge in [0.25, 0.3) is 5.91 Å². The Balaban J connectivity index is 1.65. The molecule has 2 aromatic carbocycles. The van der Waals surface area contributed by atoms with Crippen molar-refractivity contribution in [2.45, 2.75) is 32.2 Å². The lowest BCUT2D eigenvalue weighted by Crippen LogP contribution is -2.48. The molecule has 5 nitrogen and oxygen atoms in total. The van der Waals surface area contributed by atoms with Crippen LogP contribution in [0.2, 0.25) is 0 Å². The van der Waals surface area contributed by atoms with E-state index < -0.39 is 5.54 Å². The van der Waals surface area contributed by atoms with Crippen LogP contribution in [0.3, 0.4) is 0 Å². The molecular weight excluding hydrogens is 316 g/mol. The number of ether oxygens (including phenoxy) is 1. The van der Waals surface area contributed by atoms with Crippen molar-refractivity contribution in [2.75, 3.05) is 6.61 Å². The summed E-state index contributed by atoms with van der Waals surface area (Å²) in [7, 11) is 0. The number of carbonyl (C=O) groups is 2. The highest BCUT2D eigenvalue weighted by Gasteiger charge is 2.43. The van der Waals surface area contributed by atoms with Crippen LogP contribution in [0.15, 0.2) is 36.4 Å². The number of ketones is 1. The minimum Gasteiger partial charge on any atom is -0.484 e. The summed E-state index contributed by atoms with van der Waals surface area (Å²) in [5.74, 6) is 0.527. The molecule has 25 heavy (non-hydrogen) atoms. The van der Waals surface area contributed by atoms with Gasteiger partial charge in [-0.15, -0.1) is 0 Å². The fourth-order valence-corrected chi connectivity index (χ4v) is 2.89. The van der Waals surface area contributed by atoms with Crippen molar-refractivity contribution in [3.8, 4) is 11.8 Å². The number of hydrogen-bond acceptors (Lipinski definition) is 4. The second kappa shape index (κ2) is 6.56. The average Bonchev–Trinajstić information content (AvgIpc) is 3.44. The Hall–Kier alpha value is -2.87. The summed E-state index contributed by atoms with van der Waals surface area (Å²) in [6, 6.07) is 13.1. The molecule has 1 amide bonds. The number of carbonyl (C=O) groups excluding carboxylic acids is 2. The van der Waals surface area contributed by atoms with Crippen molar-refractivity contribution >= 4 is 22.5 Å². The minimum absolute atomic E-state index is 0.0232. The molecule has 0 bridgehead atoms. The molecule has 1 N–H and O–H groups in total. The molecule has 3 rings (SSSR count). The van der Waals surface area contributed by atoms with E-state index in [0.29, 0.717) is 11.3 Å².